The molecule has 2 rings (SSSR count). The molecule has 1 aromatic heterocycles. The average molecular weight is 244 g/mol. The van der Waals surface area contributed by atoms with Gasteiger partial charge in [-0.15, -0.1) is 0 Å². The SMILES string of the molecule is Cc1ccc(-n2ncc(NCCCN)c2C)cc1. The van der Waals surface area contributed by atoms with E-state index in [1.54, 1.807) is 0 Å². The maximum Gasteiger partial charge on any atom is 0.0761 e. The standard InChI is InChI=1S/C14H20N4/c1-11-4-6-13(7-5-11)18-12(2)14(10-17-18)16-9-3-8-15/h4-7,10,16H,3,8-9,15H2,1-2H3. The van der Waals surface area contributed by atoms with Crippen molar-refractivity contribution in [2.24, 2.45) is 5.73 Å². The quantitative estimate of drug-likeness (QED) is 0.793. The first kappa shape index (κ1) is 12.6. The average Bonchev–Trinajstić information content (AvgIpc) is 2.73. The van der Waals surface area contributed by atoms with Crippen LogP contribution >= 0.6 is 0 Å². The van der Waals surface area contributed by atoms with Crippen LogP contribution in [0.15, 0.2) is 30.5 Å². The minimum absolute atomic E-state index is 0.706. The molecule has 4 nitrogen and oxygen atoms in total. The van der Waals surface area contributed by atoms with Gasteiger partial charge in [0.05, 0.1) is 23.3 Å². The van der Waals surface area contributed by atoms with Gasteiger partial charge in [-0.25, -0.2) is 4.68 Å². The van der Waals surface area contributed by atoms with Crippen LogP contribution in [0.3, 0.4) is 0 Å². The van der Waals surface area contributed by atoms with E-state index in [1.165, 1.54) is 5.56 Å². The van der Waals surface area contributed by atoms with Crippen molar-refractivity contribution in [3.05, 3.63) is 41.7 Å². The van der Waals surface area contributed by atoms with Gasteiger partial charge < -0.3 is 11.1 Å². The highest BCUT2D eigenvalue weighted by molar-refractivity contribution is 5.49. The number of anilines is 1. The van der Waals surface area contributed by atoms with Crippen LogP contribution in [0.4, 0.5) is 5.69 Å². The number of nitrogens with zero attached hydrogens (tertiary/aromatic N) is 2. The van der Waals surface area contributed by atoms with E-state index in [0.29, 0.717) is 6.54 Å². The number of aryl methyl sites for hydroxylation is 1. The molecule has 0 saturated heterocycles. The van der Waals surface area contributed by atoms with Crippen molar-refractivity contribution in [1.82, 2.24) is 9.78 Å². The molecule has 1 heterocycles. The summed E-state index contributed by atoms with van der Waals surface area (Å²) in [5, 5.41) is 7.77. The highest BCUT2D eigenvalue weighted by atomic mass is 15.3. The van der Waals surface area contributed by atoms with Crippen LogP contribution in [-0.4, -0.2) is 22.9 Å². The van der Waals surface area contributed by atoms with E-state index in [2.05, 4.69) is 48.5 Å². The lowest BCUT2D eigenvalue weighted by molar-refractivity contribution is 0.844. The number of nitrogens with two attached hydrogens (primary N) is 1. The van der Waals surface area contributed by atoms with Gasteiger partial charge in [-0.05, 0) is 38.9 Å². The van der Waals surface area contributed by atoms with Crippen LogP contribution in [0.25, 0.3) is 5.69 Å². The normalized spacial score (nSPS) is 10.6. The van der Waals surface area contributed by atoms with Gasteiger partial charge in [0.1, 0.15) is 0 Å². The third kappa shape index (κ3) is 2.71. The Morgan fingerprint density at radius 1 is 1.22 bits per heavy atom. The molecular formula is C14H20N4. The van der Waals surface area contributed by atoms with Crippen LogP contribution in [0.1, 0.15) is 17.7 Å². The largest absolute Gasteiger partial charge is 0.382 e. The smallest absolute Gasteiger partial charge is 0.0761 e. The Morgan fingerprint density at radius 2 is 1.94 bits per heavy atom. The Labute approximate surface area is 108 Å². The number of benzene rings is 1. The zero-order chi connectivity index (χ0) is 13.0. The van der Waals surface area contributed by atoms with Gasteiger partial charge >= 0.3 is 0 Å². The second-order valence-electron chi connectivity index (χ2n) is 4.46. The molecule has 0 amide bonds. The zero-order valence-electron chi connectivity index (χ0n) is 11.0. The molecule has 0 fully saturated rings. The van der Waals surface area contributed by atoms with E-state index in [4.69, 9.17) is 5.73 Å². The lowest BCUT2D eigenvalue weighted by Crippen LogP contribution is -2.09. The molecular weight excluding hydrogens is 224 g/mol. The first-order valence-corrected chi connectivity index (χ1v) is 6.28. The summed E-state index contributed by atoms with van der Waals surface area (Å²) in [4.78, 5) is 0. The molecule has 0 spiro atoms. The first-order chi connectivity index (χ1) is 8.72. The third-order valence-electron chi connectivity index (χ3n) is 2.98. The van der Waals surface area contributed by atoms with Gasteiger partial charge in [0.2, 0.25) is 0 Å². The maximum absolute atomic E-state index is 5.48. The molecule has 1 aromatic carbocycles. The van der Waals surface area contributed by atoms with Gasteiger partial charge in [-0.1, -0.05) is 17.7 Å². The summed E-state index contributed by atoms with van der Waals surface area (Å²) in [5.41, 5.74) is 10.0. The van der Waals surface area contributed by atoms with Crippen LogP contribution in [0.2, 0.25) is 0 Å². The van der Waals surface area contributed by atoms with Crippen LogP contribution in [0, 0.1) is 13.8 Å². The Hall–Kier alpha value is -1.81. The van der Waals surface area contributed by atoms with Gasteiger partial charge in [0.25, 0.3) is 0 Å². The molecule has 18 heavy (non-hydrogen) atoms. The first-order valence-electron chi connectivity index (χ1n) is 6.28. The number of hydrogen-bond acceptors (Lipinski definition) is 3. The fraction of sp³-hybridized carbons (Fsp3) is 0.357. The Kier molecular flexibility index (Phi) is 3.99. The molecule has 0 aliphatic carbocycles. The monoisotopic (exact) mass is 244 g/mol. The molecule has 0 saturated carbocycles. The summed E-state index contributed by atoms with van der Waals surface area (Å²) in [7, 11) is 0. The topological polar surface area (TPSA) is 55.9 Å². The van der Waals surface area contributed by atoms with E-state index < -0.39 is 0 Å². The van der Waals surface area contributed by atoms with Gasteiger partial charge in [-0.3, -0.25) is 0 Å². The number of aromatic nitrogens is 2. The highest BCUT2D eigenvalue weighted by Crippen LogP contribution is 2.18. The maximum atomic E-state index is 5.48. The van der Waals surface area contributed by atoms with Gasteiger partial charge in [0, 0.05) is 6.54 Å². The van der Waals surface area contributed by atoms with E-state index in [-0.39, 0.29) is 0 Å². The highest BCUT2D eigenvalue weighted by Gasteiger charge is 2.07. The summed E-state index contributed by atoms with van der Waals surface area (Å²) in [6.07, 6.45) is 2.83. The van der Waals surface area contributed by atoms with Crippen molar-refractivity contribution in [3.8, 4) is 5.69 Å². The second kappa shape index (κ2) is 5.69. The second-order valence-corrected chi connectivity index (χ2v) is 4.46. The Morgan fingerprint density at radius 3 is 2.61 bits per heavy atom. The minimum atomic E-state index is 0.706. The fourth-order valence-corrected chi connectivity index (χ4v) is 1.85. The lowest BCUT2D eigenvalue weighted by atomic mass is 10.2. The number of rotatable bonds is 5. The molecule has 0 radical (unpaired) electrons. The van der Waals surface area contributed by atoms with E-state index in [1.807, 2.05) is 10.9 Å². The molecule has 4 heteroatoms. The molecule has 0 aliphatic heterocycles. The third-order valence-corrected chi connectivity index (χ3v) is 2.98. The molecule has 0 unspecified atom stereocenters. The van der Waals surface area contributed by atoms with Crippen molar-refractivity contribution >= 4 is 5.69 Å². The fourth-order valence-electron chi connectivity index (χ4n) is 1.85. The predicted octanol–water partition coefficient (Wildman–Crippen LogP) is 2.25. The van der Waals surface area contributed by atoms with Gasteiger partial charge in [-0.2, -0.15) is 5.10 Å². The summed E-state index contributed by atoms with van der Waals surface area (Å²) in [6.45, 7) is 5.74. The summed E-state index contributed by atoms with van der Waals surface area (Å²) in [5.74, 6) is 0. The van der Waals surface area contributed by atoms with Crippen molar-refractivity contribution in [2.75, 3.05) is 18.4 Å². The summed E-state index contributed by atoms with van der Waals surface area (Å²) < 4.78 is 1.95. The Bertz CT molecular complexity index is 499. The van der Waals surface area contributed by atoms with E-state index >= 15 is 0 Å². The Balaban J connectivity index is 2.17. The molecule has 96 valence electrons. The molecule has 3 N–H and O–H groups in total. The zero-order valence-corrected chi connectivity index (χ0v) is 11.0. The summed E-state index contributed by atoms with van der Waals surface area (Å²) >= 11 is 0. The van der Waals surface area contributed by atoms with Crippen LogP contribution in [-0.2, 0) is 0 Å². The van der Waals surface area contributed by atoms with E-state index in [0.717, 1.165) is 30.0 Å². The molecule has 0 bridgehead atoms. The summed E-state index contributed by atoms with van der Waals surface area (Å²) in [6, 6.07) is 8.36. The van der Waals surface area contributed by atoms with Crippen molar-refractivity contribution in [2.45, 2.75) is 20.3 Å². The molecule has 0 atom stereocenters. The van der Waals surface area contributed by atoms with Crippen LogP contribution in [0.5, 0.6) is 0 Å². The van der Waals surface area contributed by atoms with Crippen molar-refractivity contribution in [3.63, 3.8) is 0 Å². The lowest BCUT2D eigenvalue weighted by Gasteiger charge is -2.07. The number of nitrogens with one attached hydrogen (secondary N) is 1. The predicted molar refractivity (Wildman–Crippen MR) is 75.2 cm³/mol. The van der Waals surface area contributed by atoms with Gasteiger partial charge in [0.15, 0.2) is 0 Å². The molecule has 0 aliphatic rings. The number of hydrogen-bond donors (Lipinski definition) is 2. The van der Waals surface area contributed by atoms with Crippen LogP contribution < -0.4 is 11.1 Å². The molecule has 2 aromatic rings. The van der Waals surface area contributed by atoms with E-state index in [9.17, 15) is 0 Å². The minimum Gasteiger partial charge on any atom is -0.382 e. The van der Waals surface area contributed by atoms with Crippen molar-refractivity contribution in [1.29, 1.82) is 0 Å². The van der Waals surface area contributed by atoms with Crippen molar-refractivity contribution < 1.29 is 0 Å².